The van der Waals surface area contributed by atoms with Crippen LogP contribution in [0.2, 0.25) is 0 Å². The third kappa shape index (κ3) is 3.77. The maximum Gasteiger partial charge on any atom is 0.241 e. The van der Waals surface area contributed by atoms with Gasteiger partial charge in [0.15, 0.2) is 0 Å². The summed E-state index contributed by atoms with van der Waals surface area (Å²) in [5.74, 6) is -0.0328. The van der Waals surface area contributed by atoms with Gasteiger partial charge in [-0.3, -0.25) is 14.7 Å². The van der Waals surface area contributed by atoms with Crippen molar-refractivity contribution >= 4 is 11.6 Å². The number of aliphatic hydroxyl groups excluding tert-OH is 1. The Hall–Kier alpha value is -1.46. The molecule has 1 saturated heterocycles. The fraction of sp³-hybridized carbons (Fsp3) is 0.600. The highest BCUT2D eigenvalue weighted by atomic mass is 16.3. The molecule has 1 unspecified atom stereocenters. The van der Waals surface area contributed by atoms with E-state index in [2.05, 4.69) is 15.2 Å². The second-order valence-electron chi connectivity index (χ2n) is 5.31. The molecule has 0 saturated carbocycles. The van der Waals surface area contributed by atoms with Gasteiger partial charge in [0.25, 0.3) is 0 Å². The van der Waals surface area contributed by atoms with Crippen LogP contribution < -0.4 is 5.32 Å². The topological polar surface area (TPSA) is 65.5 Å². The Morgan fingerprint density at radius 2 is 2.10 bits per heavy atom. The normalized spacial score (nSPS) is 18.3. The summed E-state index contributed by atoms with van der Waals surface area (Å²) >= 11 is 0. The van der Waals surface area contributed by atoms with Crippen LogP contribution >= 0.6 is 0 Å². The Balaban J connectivity index is 1.99. The lowest BCUT2D eigenvalue weighted by Crippen LogP contribution is -2.42. The van der Waals surface area contributed by atoms with Crippen molar-refractivity contribution in [1.82, 2.24) is 9.88 Å². The predicted molar refractivity (Wildman–Crippen MR) is 78.3 cm³/mol. The van der Waals surface area contributed by atoms with Crippen LogP contribution in [0.5, 0.6) is 0 Å². The number of amides is 1. The Labute approximate surface area is 120 Å². The van der Waals surface area contributed by atoms with Gasteiger partial charge >= 0.3 is 0 Å². The second kappa shape index (κ2) is 7.36. The SMILES string of the molecule is CC(C(=O)Nc1cnccc1CO)N1CCCCCC1. The molecule has 0 spiro atoms. The maximum absolute atomic E-state index is 12.3. The van der Waals surface area contributed by atoms with Crippen LogP contribution in [-0.2, 0) is 11.4 Å². The highest BCUT2D eigenvalue weighted by Crippen LogP contribution is 2.16. The van der Waals surface area contributed by atoms with Crippen molar-refractivity contribution in [3.05, 3.63) is 24.0 Å². The lowest BCUT2D eigenvalue weighted by Gasteiger charge is -2.26. The monoisotopic (exact) mass is 277 g/mol. The third-order valence-corrected chi connectivity index (χ3v) is 3.91. The van der Waals surface area contributed by atoms with Gasteiger partial charge in [-0.05, 0) is 38.9 Å². The first kappa shape index (κ1) is 14.9. The molecule has 1 amide bonds. The molecular weight excluding hydrogens is 254 g/mol. The molecule has 1 aromatic heterocycles. The van der Waals surface area contributed by atoms with Crippen molar-refractivity contribution in [1.29, 1.82) is 0 Å². The number of carbonyl (C=O) groups is 1. The number of anilines is 1. The van der Waals surface area contributed by atoms with Crippen LogP contribution in [0, 0.1) is 0 Å². The number of pyridine rings is 1. The van der Waals surface area contributed by atoms with Gasteiger partial charge in [0, 0.05) is 11.8 Å². The standard InChI is InChI=1S/C15H23N3O2/c1-12(18-8-4-2-3-5-9-18)15(20)17-14-10-16-7-6-13(14)11-19/h6-7,10,12,19H,2-5,8-9,11H2,1H3,(H,17,20). The van der Waals surface area contributed by atoms with Crippen LogP contribution in [-0.4, -0.2) is 40.0 Å². The lowest BCUT2D eigenvalue weighted by atomic mass is 10.2. The van der Waals surface area contributed by atoms with Crippen molar-refractivity contribution in [3.8, 4) is 0 Å². The minimum absolute atomic E-state index is 0.0328. The number of hydrogen-bond acceptors (Lipinski definition) is 4. The number of likely N-dealkylation sites (tertiary alicyclic amines) is 1. The molecule has 0 aromatic carbocycles. The minimum Gasteiger partial charge on any atom is -0.392 e. The predicted octanol–water partition coefficient (Wildman–Crippen LogP) is 1.78. The Morgan fingerprint density at radius 1 is 1.40 bits per heavy atom. The highest BCUT2D eigenvalue weighted by Gasteiger charge is 2.22. The molecule has 0 radical (unpaired) electrons. The molecule has 110 valence electrons. The van der Waals surface area contributed by atoms with E-state index in [1.807, 2.05) is 6.92 Å². The maximum atomic E-state index is 12.3. The van der Waals surface area contributed by atoms with Crippen molar-refractivity contribution in [2.24, 2.45) is 0 Å². The molecule has 2 heterocycles. The van der Waals surface area contributed by atoms with E-state index in [0.717, 1.165) is 25.9 Å². The fourth-order valence-corrected chi connectivity index (χ4v) is 2.56. The van der Waals surface area contributed by atoms with Crippen LogP contribution in [0.1, 0.15) is 38.2 Å². The second-order valence-corrected chi connectivity index (χ2v) is 5.31. The number of hydrogen-bond donors (Lipinski definition) is 2. The van der Waals surface area contributed by atoms with Crippen molar-refractivity contribution in [2.45, 2.75) is 45.3 Å². The van der Waals surface area contributed by atoms with Gasteiger partial charge in [0.1, 0.15) is 0 Å². The summed E-state index contributed by atoms with van der Waals surface area (Å²) in [7, 11) is 0. The van der Waals surface area contributed by atoms with E-state index in [9.17, 15) is 9.90 Å². The summed E-state index contributed by atoms with van der Waals surface area (Å²) in [6, 6.07) is 1.56. The molecule has 1 atom stereocenters. The average Bonchev–Trinajstić information content (AvgIpc) is 2.76. The van der Waals surface area contributed by atoms with Gasteiger partial charge in [-0.2, -0.15) is 0 Å². The summed E-state index contributed by atoms with van der Waals surface area (Å²) in [5.41, 5.74) is 1.29. The van der Waals surface area contributed by atoms with E-state index in [1.54, 1.807) is 18.5 Å². The molecule has 0 aliphatic carbocycles. The average molecular weight is 277 g/mol. The first-order valence-corrected chi connectivity index (χ1v) is 7.31. The smallest absolute Gasteiger partial charge is 0.241 e. The summed E-state index contributed by atoms with van der Waals surface area (Å²) in [4.78, 5) is 18.6. The van der Waals surface area contributed by atoms with Crippen molar-refractivity contribution in [3.63, 3.8) is 0 Å². The molecule has 5 heteroatoms. The molecule has 5 nitrogen and oxygen atoms in total. The van der Waals surface area contributed by atoms with Crippen LogP contribution in [0.4, 0.5) is 5.69 Å². The zero-order chi connectivity index (χ0) is 14.4. The zero-order valence-electron chi connectivity index (χ0n) is 12.0. The number of rotatable bonds is 4. The highest BCUT2D eigenvalue weighted by molar-refractivity contribution is 5.95. The Kier molecular flexibility index (Phi) is 5.49. The molecule has 1 aliphatic heterocycles. The van der Waals surface area contributed by atoms with Gasteiger partial charge in [0.05, 0.1) is 24.5 Å². The number of carbonyl (C=O) groups excluding carboxylic acids is 1. The van der Waals surface area contributed by atoms with E-state index >= 15 is 0 Å². The summed E-state index contributed by atoms with van der Waals surface area (Å²) < 4.78 is 0. The molecule has 20 heavy (non-hydrogen) atoms. The van der Waals surface area contributed by atoms with E-state index in [1.165, 1.54) is 12.8 Å². The Morgan fingerprint density at radius 3 is 2.75 bits per heavy atom. The number of nitrogens with one attached hydrogen (secondary N) is 1. The zero-order valence-corrected chi connectivity index (χ0v) is 12.0. The van der Waals surface area contributed by atoms with Crippen LogP contribution in [0.15, 0.2) is 18.5 Å². The van der Waals surface area contributed by atoms with Gasteiger partial charge < -0.3 is 10.4 Å². The van der Waals surface area contributed by atoms with Gasteiger partial charge in [-0.25, -0.2) is 0 Å². The van der Waals surface area contributed by atoms with E-state index < -0.39 is 0 Å². The van der Waals surface area contributed by atoms with E-state index in [4.69, 9.17) is 0 Å². The first-order valence-electron chi connectivity index (χ1n) is 7.31. The van der Waals surface area contributed by atoms with Crippen LogP contribution in [0.25, 0.3) is 0 Å². The molecule has 2 rings (SSSR count). The first-order chi connectivity index (χ1) is 9.72. The number of aliphatic hydroxyl groups is 1. The minimum atomic E-state index is -0.153. The largest absolute Gasteiger partial charge is 0.392 e. The van der Waals surface area contributed by atoms with Crippen molar-refractivity contribution < 1.29 is 9.90 Å². The molecule has 1 aliphatic rings. The number of aromatic nitrogens is 1. The van der Waals surface area contributed by atoms with Gasteiger partial charge in [0.2, 0.25) is 5.91 Å². The quantitative estimate of drug-likeness (QED) is 0.880. The summed E-state index contributed by atoms with van der Waals surface area (Å²) in [6.45, 7) is 3.80. The molecular formula is C15H23N3O2. The Bertz CT molecular complexity index is 442. The van der Waals surface area contributed by atoms with E-state index in [-0.39, 0.29) is 18.6 Å². The summed E-state index contributed by atoms with van der Waals surface area (Å²) in [5, 5.41) is 12.1. The fourth-order valence-electron chi connectivity index (χ4n) is 2.56. The van der Waals surface area contributed by atoms with Crippen molar-refractivity contribution in [2.75, 3.05) is 18.4 Å². The molecule has 0 bridgehead atoms. The molecule has 1 aromatic rings. The van der Waals surface area contributed by atoms with Gasteiger partial charge in [-0.15, -0.1) is 0 Å². The third-order valence-electron chi connectivity index (χ3n) is 3.91. The molecule has 1 fully saturated rings. The number of nitrogens with zero attached hydrogens (tertiary/aromatic N) is 2. The van der Waals surface area contributed by atoms with E-state index in [0.29, 0.717) is 11.3 Å². The van der Waals surface area contributed by atoms with Crippen LogP contribution in [0.3, 0.4) is 0 Å². The molecule has 2 N–H and O–H groups in total. The van der Waals surface area contributed by atoms with Gasteiger partial charge in [-0.1, -0.05) is 12.8 Å². The lowest BCUT2D eigenvalue weighted by molar-refractivity contribution is -0.120. The summed E-state index contributed by atoms with van der Waals surface area (Å²) in [6.07, 6.45) is 8.01.